The molecule has 7 atom stereocenters. The fourth-order valence-corrected chi connectivity index (χ4v) is 3.98. The number of Topliss-reactive ketones (excluding diaryl/α,β-unsaturated/α-hetero) is 2. The van der Waals surface area contributed by atoms with E-state index in [4.69, 9.17) is 18.9 Å². The molecule has 14 nitrogen and oxygen atoms in total. The minimum Gasteiger partial charge on any atom is -0.508 e. The van der Waals surface area contributed by atoms with Crippen LogP contribution in [0.1, 0.15) is 28.9 Å². The highest BCUT2D eigenvalue weighted by Gasteiger charge is 2.49. The van der Waals surface area contributed by atoms with E-state index in [0.717, 1.165) is 24.3 Å². The van der Waals surface area contributed by atoms with E-state index in [2.05, 4.69) is 0 Å². The molecular formula is C23H24O14. The molecule has 2 aliphatic rings. The second kappa shape index (κ2) is 10.0. The Hall–Kier alpha value is -3.66. The van der Waals surface area contributed by atoms with Crippen molar-refractivity contribution in [2.45, 2.75) is 50.0 Å². The molecule has 0 radical (unpaired) electrons. The van der Waals surface area contributed by atoms with Gasteiger partial charge in [0.05, 0.1) is 0 Å². The predicted molar refractivity (Wildman–Crippen MR) is 117 cm³/mol. The van der Waals surface area contributed by atoms with E-state index in [-0.39, 0.29) is 11.3 Å². The summed E-state index contributed by atoms with van der Waals surface area (Å²) in [6.45, 7) is 0.684. The molecule has 4 rings (SSSR count). The Morgan fingerprint density at radius 1 is 0.892 bits per heavy atom. The van der Waals surface area contributed by atoms with E-state index >= 15 is 0 Å². The fraction of sp³-hybridized carbons (Fsp3) is 0.391. The summed E-state index contributed by atoms with van der Waals surface area (Å²) < 4.78 is 21.9. The number of rotatable bonds is 6. The van der Waals surface area contributed by atoms with Crippen LogP contribution < -0.4 is 4.74 Å². The molecule has 2 aromatic carbocycles. The van der Waals surface area contributed by atoms with Gasteiger partial charge in [-0.15, -0.1) is 0 Å². The minimum atomic E-state index is -1.93. The zero-order valence-corrected chi connectivity index (χ0v) is 19.1. The average molecular weight is 524 g/mol. The number of fused-ring (bicyclic) bond motifs is 1. The van der Waals surface area contributed by atoms with Gasteiger partial charge in [-0.3, -0.25) is 9.59 Å². The van der Waals surface area contributed by atoms with E-state index in [9.17, 15) is 50.4 Å². The zero-order chi connectivity index (χ0) is 27.2. The lowest BCUT2D eigenvalue weighted by molar-refractivity contribution is -0.355. The van der Waals surface area contributed by atoms with Crippen molar-refractivity contribution in [1.29, 1.82) is 0 Å². The number of phenolic OH excluding ortho intramolecular Hbond substituents is 5. The van der Waals surface area contributed by atoms with E-state index in [1.54, 1.807) is 0 Å². The number of carbonyl (C=O) groups is 2. The number of aliphatic hydroxyl groups is 3. The standard InChI is InChI=1S/C23H24O14/c1-7(24)6-34-22-18(32)17(31)19(33)23(37-22)36-21-16(30)14-10(26)4-9(25)5-13(14)35-20(21)8-2-11(27)15(29)12(28)3-8/h2-5,17-23,25-29,31-33H,6H2,1H3/t17-,18-,19-,20+,21-,22+,23+/m1/s1. The summed E-state index contributed by atoms with van der Waals surface area (Å²) in [6, 6.07) is 3.79. The molecule has 1 saturated heterocycles. The highest BCUT2D eigenvalue weighted by Crippen LogP contribution is 2.46. The van der Waals surface area contributed by atoms with Gasteiger partial charge >= 0.3 is 0 Å². The van der Waals surface area contributed by atoms with Gasteiger partial charge in [0.15, 0.2) is 47.8 Å². The van der Waals surface area contributed by atoms with Crippen LogP contribution in [-0.2, 0) is 19.0 Å². The van der Waals surface area contributed by atoms with Gasteiger partial charge in [0.25, 0.3) is 0 Å². The number of ether oxygens (including phenoxy) is 4. The van der Waals surface area contributed by atoms with Gasteiger partial charge in [-0.25, -0.2) is 0 Å². The second-order valence-corrected chi connectivity index (χ2v) is 8.56. The highest BCUT2D eigenvalue weighted by atomic mass is 16.8. The van der Waals surface area contributed by atoms with Crippen LogP contribution in [-0.4, -0.2) is 96.0 Å². The third kappa shape index (κ3) is 4.98. The number of aliphatic hydroxyl groups excluding tert-OH is 3. The molecule has 200 valence electrons. The first-order valence-corrected chi connectivity index (χ1v) is 10.9. The highest BCUT2D eigenvalue weighted by molar-refractivity contribution is 6.05. The van der Waals surface area contributed by atoms with Crippen molar-refractivity contribution in [3.63, 3.8) is 0 Å². The van der Waals surface area contributed by atoms with Crippen LogP contribution in [0.3, 0.4) is 0 Å². The summed E-state index contributed by atoms with van der Waals surface area (Å²) in [5, 5.41) is 80.6. The van der Waals surface area contributed by atoms with Gasteiger partial charge in [-0.1, -0.05) is 0 Å². The number of hydrogen-bond acceptors (Lipinski definition) is 14. The van der Waals surface area contributed by atoms with Gasteiger partial charge in [-0.05, 0) is 19.1 Å². The first-order chi connectivity index (χ1) is 17.4. The molecule has 2 aromatic rings. The van der Waals surface area contributed by atoms with Crippen LogP contribution >= 0.6 is 0 Å². The van der Waals surface area contributed by atoms with Gasteiger partial charge in [0, 0.05) is 17.7 Å². The summed E-state index contributed by atoms with van der Waals surface area (Å²) >= 11 is 0. The van der Waals surface area contributed by atoms with Crippen molar-refractivity contribution in [3.8, 4) is 34.5 Å². The van der Waals surface area contributed by atoms with Crippen LogP contribution in [0.15, 0.2) is 24.3 Å². The zero-order valence-electron chi connectivity index (χ0n) is 19.1. The van der Waals surface area contributed by atoms with Gasteiger partial charge < -0.3 is 59.8 Å². The first-order valence-electron chi connectivity index (χ1n) is 10.9. The molecule has 2 aliphatic heterocycles. The largest absolute Gasteiger partial charge is 0.508 e. The van der Waals surface area contributed by atoms with E-state index in [0.29, 0.717) is 0 Å². The molecule has 8 N–H and O–H groups in total. The normalized spacial score (nSPS) is 29.4. The molecule has 1 fully saturated rings. The summed E-state index contributed by atoms with van der Waals surface area (Å²) in [4.78, 5) is 24.7. The smallest absolute Gasteiger partial charge is 0.203 e. The Balaban J connectivity index is 1.73. The average Bonchev–Trinajstić information content (AvgIpc) is 2.82. The van der Waals surface area contributed by atoms with Gasteiger partial charge in [0.1, 0.15) is 47.7 Å². The molecule has 0 aliphatic carbocycles. The molecule has 37 heavy (non-hydrogen) atoms. The quantitative estimate of drug-likeness (QED) is 0.218. The lowest BCUT2D eigenvalue weighted by Gasteiger charge is -2.42. The van der Waals surface area contributed by atoms with Crippen LogP contribution in [0.2, 0.25) is 0 Å². The summed E-state index contributed by atoms with van der Waals surface area (Å²) in [5.74, 6) is -5.21. The summed E-state index contributed by atoms with van der Waals surface area (Å²) in [7, 11) is 0. The third-order valence-corrected chi connectivity index (χ3v) is 5.78. The first kappa shape index (κ1) is 26.4. The Labute approximate surface area is 208 Å². The Morgan fingerprint density at radius 3 is 2.14 bits per heavy atom. The van der Waals surface area contributed by atoms with E-state index in [1.165, 1.54) is 6.92 Å². The molecule has 0 saturated carbocycles. The monoisotopic (exact) mass is 524 g/mol. The SMILES string of the molecule is CC(=O)CO[C@H]1O[C@H](O[C@@H]2C(=O)c3c(O)cc(O)cc3O[C@H]2c2cc(O)c(O)c(O)c2)[C@H](O)[C@H](O)[C@H]1O. The topological polar surface area (TPSA) is 233 Å². The number of hydrogen-bond donors (Lipinski definition) is 8. The summed E-state index contributed by atoms with van der Waals surface area (Å²) in [6.07, 6.45) is -12.4. The maximum atomic E-state index is 13.4. The van der Waals surface area contributed by atoms with Crippen molar-refractivity contribution in [2.24, 2.45) is 0 Å². The third-order valence-electron chi connectivity index (χ3n) is 5.78. The number of ketones is 2. The van der Waals surface area contributed by atoms with Crippen molar-refractivity contribution < 1.29 is 69.4 Å². The summed E-state index contributed by atoms with van der Waals surface area (Å²) in [5.41, 5.74) is -0.531. The number of phenols is 5. The molecule has 0 amide bonds. The van der Waals surface area contributed by atoms with E-state index < -0.39 is 95.6 Å². The van der Waals surface area contributed by atoms with Crippen molar-refractivity contribution in [2.75, 3.05) is 6.61 Å². The van der Waals surface area contributed by atoms with Crippen LogP contribution in [0.4, 0.5) is 0 Å². The molecule has 2 heterocycles. The van der Waals surface area contributed by atoms with Crippen LogP contribution in [0.25, 0.3) is 0 Å². The second-order valence-electron chi connectivity index (χ2n) is 8.56. The molecule has 0 spiro atoms. The number of benzene rings is 2. The maximum Gasteiger partial charge on any atom is 0.203 e. The van der Waals surface area contributed by atoms with Crippen molar-refractivity contribution in [1.82, 2.24) is 0 Å². The molecule has 0 unspecified atom stereocenters. The number of carbonyl (C=O) groups excluding carboxylic acids is 2. The van der Waals surface area contributed by atoms with E-state index in [1.807, 2.05) is 0 Å². The van der Waals surface area contributed by atoms with Crippen LogP contribution in [0, 0.1) is 0 Å². The fourth-order valence-electron chi connectivity index (χ4n) is 3.98. The number of aromatic hydroxyl groups is 5. The lowest BCUT2D eigenvalue weighted by Crippen LogP contribution is -2.60. The Morgan fingerprint density at radius 2 is 1.51 bits per heavy atom. The Kier molecular flexibility index (Phi) is 7.14. The molecule has 0 bridgehead atoms. The molecular weight excluding hydrogens is 500 g/mol. The lowest BCUT2D eigenvalue weighted by atomic mass is 9.92. The van der Waals surface area contributed by atoms with Crippen molar-refractivity contribution >= 4 is 11.6 Å². The van der Waals surface area contributed by atoms with Crippen molar-refractivity contribution in [3.05, 3.63) is 35.4 Å². The Bertz CT molecular complexity index is 1190. The van der Waals surface area contributed by atoms with Gasteiger partial charge in [0.2, 0.25) is 5.78 Å². The predicted octanol–water partition coefficient (Wildman–Crippen LogP) is -0.713. The molecule has 0 aromatic heterocycles. The minimum absolute atomic E-state index is 0.116. The maximum absolute atomic E-state index is 13.4. The van der Waals surface area contributed by atoms with Gasteiger partial charge in [-0.2, -0.15) is 0 Å². The van der Waals surface area contributed by atoms with Crippen LogP contribution in [0.5, 0.6) is 34.5 Å². The molecule has 14 heteroatoms.